The Labute approximate surface area is 137 Å². The van der Waals surface area contributed by atoms with E-state index < -0.39 is 5.97 Å². The molecule has 0 aliphatic carbocycles. The number of aliphatic hydroxyl groups is 1. The van der Waals surface area contributed by atoms with E-state index in [9.17, 15) is 9.90 Å². The Bertz CT molecular complexity index is 631. The molecule has 0 aliphatic heterocycles. The highest BCUT2D eigenvalue weighted by atomic mass is 79.9. The van der Waals surface area contributed by atoms with Gasteiger partial charge in [-0.1, -0.05) is 52.3 Å². The van der Waals surface area contributed by atoms with Crippen molar-refractivity contribution in [3.05, 3.63) is 69.7 Å². The lowest BCUT2D eigenvalue weighted by Crippen LogP contribution is -2.34. The van der Waals surface area contributed by atoms with Crippen LogP contribution in [0.5, 0.6) is 0 Å². The van der Waals surface area contributed by atoms with Crippen molar-refractivity contribution in [2.24, 2.45) is 0 Å². The van der Waals surface area contributed by atoms with Gasteiger partial charge in [0.2, 0.25) is 0 Å². The molecule has 4 nitrogen and oxygen atoms in total. The number of benzene rings is 2. The monoisotopic (exact) mass is 363 g/mol. The largest absolute Gasteiger partial charge is 0.478 e. The maximum Gasteiger partial charge on any atom is 0.335 e. The van der Waals surface area contributed by atoms with Gasteiger partial charge < -0.3 is 15.5 Å². The lowest BCUT2D eigenvalue weighted by atomic mass is 10.1. The molecule has 2 aromatic rings. The number of aliphatic hydroxyl groups excluding tert-OH is 1. The molecule has 0 unspecified atom stereocenters. The number of aromatic carboxylic acids is 1. The van der Waals surface area contributed by atoms with Crippen LogP contribution in [-0.2, 0) is 13.0 Å². The molecular weight excluding hydrogens is 346 g/mol. The van der Waals surface area contributed by atoms with E-state index in [1.807, 2.05) is 30.3 Å². The van der Waals surface area contributed by atoms with Crippen molar-refractivity contribution in [3.63, 3.8) is 0 Å². The summed E-state index contributed by atoms with van der Waals surface area (Å²) in [5, 5.41) is 21.7. The lowest BCUT2D eigenvalue weighted by Gasteiger charge is -2.17. The van der Waals surface area contributed by atoms with Gasteiger partial charge in [0.1, 0.15) is 0 Å². The van der Waals surface area contributed by atoms with Crippen LogP contribution in [0.4, 0.5) is 0 Å². The maximum atomic E-state index is 10.9. The highest BCUT2D eigenvalue weighted by Gasteiger charge is 2.10. The molecule has 0 aromatic heterocycles. The summed E-state index contributed by atoms with van der Waals surface area (Å²) in [5.74, 6) is -0.947. The lowest BCUT2D eigenvalue weighted by molar-refractivity contribution is 0.0697. The Morgan fingerprint density at radius 1 is 1.18 bits per heavy atom. The number of nitrogens with one attached hydrogen (secondary N) is 1. The number of rotatable bonds is 7. The Kier molecular flexibility index (Phi) is 6.12. The molecule has 116 valence electrons. The van der Waals surface area contributed by atoms with Crippen LogP contribution in [0.15, 0.2) is 53.0 Å². The fraction of sp³-hybridized carbons (Fsp3) is 0.235. The summed E-state index contributed by atoms with van der Waals surface area (Å²) in [6.45, 7) is 0.596. The van der Waals surface area contributed by atoms with Gasteiger partial charge in [-0.25, -0.2) is 4.79 Å². The van der Waals surface area contributed by atoms with Gasteiger partial charge in [0.05, 0.1) is 12.2 Å². The summed E-state index contributed by atoms with van der Waals surface area (Å²) in [6.07, 6.45) is 0.738. The second-order valence-electron chi connectivity index (χ2n) is 5.06. The predicted molar refractivity (Wildman–Crippen MR) is 89.0 cm³/mol. The second-order valence-corrected chi connectivity index (χ2v) is 5.92. The third-order valence-electron chi connectivity index (χ3n) is 3.43. The van der Waals surface area contributed by atoms with Gasteiger partial charge in [-0.05, 0) is 29.7 Å². The highest BCUT2D eigenvalue weighted by molar-refractivity contribution is 9.10. The number of halogens is 1. The van der Waals surface area contributed by atoms with Crippen molar-refractivity contribution in [1.29, 1.82) is 0 Å². The van der Waals surface area contributed by atoms with Crippen molar-refractivity contribution in [2.75, 3.05) is 6.61 Å². The molecule has 0 bridgehead atoms. The van der Waals surface area contributed by atoms with E-state index in [4.69, 9.17) is 5.11 Å². The van der Waals surface area contributed by atoms with Gasteiger partial charge >= 0.3 is 5.97 Å². The van der Waals surface area contributed by atoms with E-state index >= 15 is 0 Å². The van der Waals surface area contributed by atoms with E-state index in [1.165, 1.54) is 0 Å². The average molecular weight is 364 g/mol. The van der Waals surface area contributed by atoms with Crippen LogP contribution in [0, 0.1) is 0 Å². The van der Waals surface area contributed by atoms with Gasteiger partial charge in [0, 0.05) is 17.1 Å². The Balaban J connectivity index is 1.97. The minimum atomic E-state index is -0.947. The standard InChI is InChI=1S/C17H18BrNO3/c18-16-9-13(17(21)22)6-7-14(16)10-19-15(11-20)8-12-4-2-1-3-5-12/h1-7,9,15,19-20H,8,10-11H2,(H,21,22)/t15-/m0/s1. The molecule has 0 spiro atoms. The van der Waals surface area contributed by atoms with Crippen LogP contribution in [-0.4, -0.2) is 28.8 Å². The molecule has 0 amide bonds. The van der Waals surface area contributed by atoms with Crippen molar-refractivity contribution in [2.45, 2.75) is 19.0 Å². The summed E-state index contributed by atoms with van der Waals surface area (Å²) in [6, 6.07) is 14.9. The molecule has 0 aliphatic rings. The van der Waals surface area contributed by atoms with E-state index in [1.54, 1.807) is 18.2 Å². The Hall–Kier alpha value is -1.69. The maximum absolute atomic E-state index is 10.9. The summed E-state index contributed by atoms with van der Waals surface area (Å²) in [5.41, 5.74) is 2.37. The number of carboxylic acids is 1. The number of hydrogen-bond acceptors (Lipinski definition) is 3. The van der Waals surface area contributed by atoms with Crippen LogP contribution >= 0.6 is 15.9 Å². The van der Waals surface area contributed by atoms with E-state index in [0.29, 0.717) is 6.54 Å². The molecule has 5 heteroatoms. The third-order valence-corrected chi connectivity index (χ3v) is 4.16. The zero-order valence-corrected chi connectivity index (χ0v) is 13.6. The number of carbonyl (C=O) groups is 1. The molecule has 0 saturated carbocycles. The van der Waals surface area contributed by atoms with Gasteiger partial charge in [0.15, 0.2) is 0 Å². The van der Waals surface area contributed by atoms with Crippen LogP contribution in [0.3, 0.4) is 0 Å². The first-order valence-corrected chi connectivity index (χ1v) is 7.79. The third kappa shape index (κ3) is 4.66. The Morgan fingerprint density at radius 2 is 1.91 bits per heavy atom. The fourth-order valence-electron chi connectivity index (χ4n) is 2.18. The van der Waals surface area contributed by atoms with Crippen LogP contribution < -0.4 is 5.32 Å². The molecule has 1 atom stereocenters. The smallest absolute Gasteiger partial charge is 0.335 e. The van der Waals surface area contributed by atoms with Crippen LogP contribution in [0.1, 0.15) is 21.5 Å². The van der Waals surface area contributed by atoms with E-state index in [-0.39, 0.29) is 18.2 Å². The molecule has 0 fully saturated rings. The Morgan fingerprint density at radius 3 is 2.50 bits per heavy atom. The molecule has 22 heavy (non-hydrogen) atoms. The first-order valence-electron chi connectivity index (χ1n) is 7.00. The summed E-state index contributed by atoms with van der Waals surface area (Å²) < 4.78 is 0.747. The summed E-state index contributed by atoms with van der Waals surface area (Å²) in [4.78, 5) is 10.9. The molecule has 0 saturated heterocycles. The quantitative estimate of drug-likeness (QED) is 0.707. The zero-order chi connectivity index (χ0) is 15.9. The normalized spacial score (nSPS) is 12.1. The van der Waals surface area contributed by atoms with E-state index in [0.717, 1.165) is 22.0 Å². The van der Waals surface area contributed by atoms with Crippen molar-refractivity contribution in [3.8, 4) is 0 Å². The first kappa shape index (κ1) is 16.7. The minimum Gasteiger partial charge on any atom is -0.478 e. The fourth-order valence-corrected chi connectivity index (χ4v) is 2.70. The van der Waals surface area contributed by atoms with Crippen molar-refractivity contribution in [1.82, 2.24) is 5.32 Å². The SMILES string of the molecule is O=C(O)c1ccc(CN[C@H](CO)Cc2ccccc2)c(Br)c1. The zero-order valence-electron chi connectivity index (χ0n) is 12.0. The number of carboxylic acid groups (broad SMARTS) is 1. The van der Waals surface area contributed by atoms with Crippen LogP contribution in [0.2, 0.25) is 0 Å². The van der Waals surface area contributed by atoms with E-state index in [2.05, 4.69) is 21.2 Å². The molecule has 2 rings (SSSR count). The molecule has 3 N–H and O–H groups in total. The van der Waals surface area contributed by atoms with Gasteiger partial charge in [-0.15, -0.1) is 0 Å². The average Bonchev–Trinajstić information content (AvgIpc) is 2.53. The van der Waals surface area contributed by atoms with Gasteiger partial charge in [-0.2, -0.15) is 0 Å². The number of hydrogen-bond donors (Lipinski definition) is 3. The molecular formula is C17H18BrNO3. The van der Waals surface area contributed by atoms with Crippen molar-refractivity contribution >= 4 is 21.9 Å². The minimum absolute atomic E-state index is 0.0414. The van der Waals surface area contributed by atoms with Gasteiger partial charge in [-0.3, -0.25) is 0 Å². The summed E-state index contributed by atoms with van der Waals surface area (Å²) >= 11 is 3.39. The van der Waals surface area contributed by atoms with Gasteiger partial charge in [0.25, 0.3) is 0 Å². The first-order chi connectivity index (χ1) is 10.6. The second kappa shape index (κ2) is 8.08. The summed E-state index contributed by atoms with van der Waals surface area (Å²) in [7, 11) is 0. The predicted octanol–water partition coefficient (Wildman–Crippen LogP) is 2.84. The van der Waals surface area contributed by atoms with Crippen molar-refractivity contribution < 1.29 is 15.0 Å². The molecule has 0 radical (unpaired) electrons. The molecule has 2 aromatic carbocycles. The topological polar surface area (TPSA) is 69.6 Å². The molecule has 0 heterocycles. The highest BCUT2D eigenvalue weighted by Crippen LogP contribution is 2.19. The van der Waals surface area contributed by atoms with Crippen LogP contribution in [0.25, 0.3) is 0 Å².